The quantitative estimate of drug-likeness (QED) is 0.866. The Bertz CT molecular complexity index is 447. The van der Waals surface area contributed by atoms with E-state index in [4.69, 9.17) is 11.6 Å². The molecule has 1 amide bonds. The van der Waals surface area contributed by atoms with Crippen molar-refractivity contribution in [2.75, 3.05) is 0 Å². The van der Waals surface area contributed by atoms with Gasteiger partial charge in [-0.25, -0.2) is 0 Å². The van der Waals surface area contributed by atoms with Crippen LogP contribution in [0.1, 0.15) is 41.6 Å². The first-order chi connectivity index (χ1) is 8.58. The standard InChI is InChI=1S/C14H18ClNO2/c1-9-6-7-10(15)8-11(9)14(18)16-12-4-2-3-5-13(12)17/h6-8,12-13,17H,2-5H2,1H3,(H,16,18). The normalized spacial score (nSPS) is 23.7. The number of aliphatic hydroxyl groups excluding tert-OH is 1. The molecule has 1 aromatic rings. The highest BCUT2D eigenvalue weighted by atomic mass is 35.5. The van der Waals surface area contributed by atoms with E-state index in [0.29, 0.717) is 10.6 Å². The SMILES string of the molecule is Cc1ccc(Cl)cc1C(=O)NC1CCCCC1O. The van der Waals surface area contributed by atoms with E-state index in [1.165, 1.54) is 0 Å². The van der Waals surface area contributed by atoms with Crippen LogP contribution in [0, 0.1) is 6.92 Å². The third-order valence-corrected chi connectivity index (χ3v) is 3.73. The van der Waals surface area contributed by atoms with Crippen LogP contribution in [-0.2, 0) is 0 Å². The fourth-order valence-electron chi connectivity index (χ4n) is 2.36. The zero-order valence-electron chi connectivity index (χ0n) is 10.4. The number of halogens is 1. The van der Waals surface area contributed by atoms with Gasteiger partial charge < -0.3 is 10.4 Å². The second-order valence-corrected chi connectivity index (χ2v) is 5.33. The average Bonchev–Trinajstić information content (AvgIpc) is 2.35. The van der Waals surface area contributed by atoms with Crippen LogP contribution in [-0.4, -0.2) is 23.2 Å². The minimum Gasteiger partial charge on any atom is -0.391 e. The van der Waals surface area contributed by atoms with Crippen LogP contribution in [0.2, 0.25) is 5.02 Å². The lowest BCUT2D eigenvalue weighted by atomic mass is 9.92. The molecule has 1 saturated carbocycles. The van der Waals surface area contributed by atoms with E-state index in [0.717, 1.165) is 31.2 Å². The molecule has 2 unspecified atom stereocenters. The molecule has 2 rings (SSSR count). The first-order valence-corrected chi connectivity index (χ1v) is 6.71. The van der Waals surface area contributed by atoms with Crippen molar-refractivity contribution in [1.29, 1.82) is 0 Å². The van der Waals surface area contributed by atoms with E-state index >= 15 is 0 Å². The molecule has 1 fully saturated rings. The van der Waals surface area contributed by atoms with E-state index in [1.54, 1.807) is 12.1 Å². The zero-order valence-corrected chi connectivity index (χ0v) is 11.2. The van der Waals surface area contributed by atoms with Gasteiger partial charge >= 0.3 is 0 Å². The minimum atomic E-state index is -0.429. The van der Waals surface area contributed by atoms with Gasteiger partial charge in [-0.1, -0.05) is 30.5 Å². The first kappa shape index (κ1) is 13.4. The molecule has 0 saturated heterocycles. The molecule has 4 heteroatoms. The number of carbonyl (C=O) groups excluding carboxylic acids is 1. The van der Waals surface area contributed by atoms with Crippen LogP contribution in [0.15, 0.2) is 18.2 Å². The highest BCUT2D eigenvalue weighted by Gasteiger charge is 2.25. The maximum absolute atomic E-state index is 12.2. The third-order valence-electron chi connectivity index (χ3n) is 3.49. The maximum Gasteiger partial charge on any atom is 0.251 e. The summed E-state index contributed by atoms with van der Waals surface area (Å²) in [4.78, 5) is 12.2. The Morgan fingerprint density at radius 1 is 1.39 bits per heavy atom. The lowest BCUT2D eigenvalue weighted by Crippen LogP contribution is -2.45. The molecule has 0 aromatic heterocycles. The molecule has 1 aliphatic carbocycles. The van der Waals surface area contributed by atoms with Gasteiger partial charge in [-0.05, 0) is 37.5 Å². The minimum absolute atomic E-state index is 0.135. The topological polar surface area (TPSA) is 49.3 Å². The molecule has 1 aromatic carbocycles. The van der Waals surface area contributed by atoms with E-state index in [1.807, 2.05) is 13.0 Å². The molecule has 98 valence electrons. The van der Waals surface area contributed by atoms with E-state index in [9.17, 15) is 9.90 Å². The molecule has 0 bridgehead atoms. The van der Waals surface area contributed by atoms with Crippen LogP contribution >= 0.6 is 11.6 Å². The number of benzene rings is 1. The molecular weight excluding hydrogens is 250 g/mol. The highest BCUT2D eigenvalue weighted by Crippen LogP contribution is 2.20. The molecule has 1 aliphatic rings. The van der Waals surface area contributed by atoms with E-state index in [-0.39, 0.29) is 11.9 Å². The predicted molar refractivity (Wildman–Crippen MR) is 71.9 cm³/mol. The second-order valence-electron chi connectivity index (χ2n) is 4.89. The molecule has 2 N–H and O–H groups in total. The lowest BCUT2D eigenvalue weighted by molar-refractivity contribution is 0.0717. The average molecular weight is 268 g/mol. The van der Waals surface area contributed by atoms with Crippen molar-refractivity contribution in [3.05, 3.63) is 34.3 Å². The summed E-state index contributed by atoms with van der Waals surface area (Å²) in [5.41, 5.74) is 1.47. The Morgan fingerprint density at radius 2 is 2.11 bits per heavy atom. The molecule has 0 radical (unpaired) electrons. The summed E-state index contributed by atoms with van der Waals surface area (Å²) in [6.07, 6.45) is 3.26. The van der Waals surface area contributed by atoms with E-state index in [2.05, 4.69) is 5.32 Å². The summed E-state index contributed by atoms with van der Waals surface area (Å²) in [5.74, 6) is -0.152. The van der Waals surface area contributed by atoms with Crippen molar-refractivity contribution < 1.29 is 9.90 Å². The van der Waals surface area contributed by atoms with Crippen LogP contribution in [0.5, 0.6) is 0 Å². The van der Waals surface area contributed by atoms with Crippen molar-refractivity contribution in [2.24, 2.45) is 0 Å². The molecule has 3 nitrogen and oxygen atoms in total. The van der Waals surface area contributed by atoms with Crippen molar-refractivity contribution in [2.45, 2.75) is 44.8 Å². The van der Waals surface area contributed by atoms with Gasteiger partial charge in [0.1, 0.15) is 0 Å². The number of rotatable bonds is 2. The number of nitrogens with one attached hydrogen (secondary N) is 1. The first-order valence-electron chi connectivity index (χ1n) is 6.33. The number of aryl methyl sites for hydroxylation is 1. The number of amides is 1. The fourth-order valence-corrected chi connectivity index (χ4v) is 2.54. The molecule has 0 heterocycles. The van der Waals surface area contributed by atoms with Crippen molar-refractivity contribution in [3.8, 4) is 0 Å². The summed E-state index contributed by atoms with van der Waals surface area (Å²) < 4.78 is 0. The van der Waals surface area contributed by atoms with Crippen molar-refractivity contribution >= 4 is 17.5 Å². The van der Waals surface area contributed by atoms with Crippen molar-refractivity contribution in [1.82, 2.24) is 5.32 Å². The summed E-state index contributed by atoms with van der Waals surface area (Å²) in [7, 11) is 0. The molecule has 0 aliphatic heterocycles. The fraction of sp³-hybridized carbons (Fsp3) is 0.500. The van der Waals surface area contributed by atoms with Gasteiger partial charge in [0.25, 0.3) is 5.91 Å². The van der Waals surface area contributed by atoms with Crippen LogP contribution in [0.3, 0.4) is 0 Å². The van der Waals surface area contributed by atoms with Gasteiger partial charge in [-0.15, -0.1) is 0 Å². The Hall–Kier alpha value is -1.06. The smallest absolute Gasteiger partial charge is 0.251 e. The molecule has 18 heavy (non-hydrogen) atoms. The summed E-state index contributed by atoms with van der Waals surface area (Å²) in [5, 5.41) is 13.3. The molecule has 0 spiro atoms. The highest BCUT2D eigenvalue weighted by molar-refractivity contribution is 6.31. The van der Waals surface area contributed by atoms with E-state index < -0.39 is 6.10 Å². The Morgan fingerprint density at radius 3 is 2.83 bits per heavy atom. The maximum atomic E-state index is 12.2. The van der Waals surface area contributed by atoms with Gasteiger partial charge in [0.2, 0.25) is 0 Å². The van der Waals surface area contributed by atoms with Gasteiger partial charge in [0, 0.05) is 10.6 Å². The van der Waals surface area contributed by atoms with Gasteiger partial charge in [0.05, 0.1) is 12.1 Å². The number of aliphatic hydroxyl groups is 1. The predicted octanol–water partition coefficient (Wildman–Crippen LogP) is 2.68. The number of hydrogen-bond donors (Lipinski definition) is 2. The lowest BCUT2D eigenvalue weighted by Gasteiger charge is -2.28. The number of carbonyl (C=O) groups is 1. The molecule has 2 atom stereocenters. The summed E-state index contributed by atoms with van der Waals surface area (Å²) in [6.45, 7) is 1.88. The third kappa shape index (κ3) is 3.03. The van der Waals surface area contributed by atoms with Crippen LogP contribution in [0.4, 0.5) is 0 Å². The zero-order chi connectivity index (χ0) is 13.1. The van der Waals surface area contributed by atoms with Gasteiger partial charge in [-0.3, -0.25) is 4.79 Å². The monoisotopic (exact) mass is 267 g/mol. The molecular formula is C14H18ClNO2. The van der Waals surface area contributed by atoms with Gasteiger partial charge in [0.15, 0.2) is 0 Å². The Kier molecular flexibility index (Phi) is 4.25. The second kappa shape index (κ2) is 5.72. The Labute approximate surface area is 112 Å². The number of hydrogen-bond acceptors (Lipinski definition) is 2. The summed E-state index contributed by atoms with van der Waals surface area (Å²) >= 11 is 5.90. The summed E-state index contributed by atoms with van der Waals surface area (Å²) in [6, 6.07) is 5.13. The largest absolute Gasteiger partial charge is 0.391 e. The van der Waals surface area contributed by atoms with Crippen LogP contribution < -0.4 is 5.32 Å². The Balaban J connectivity index is 2.09. The van der Waals surface area contributed by atoms with Gasteiger partial charge in [-0.2, -0.15) is 0 Å². The van der Waals surface area contributed by atoms with Crippen molar-refractivity contribution in [3.63, 3.8) is 0 Å². The van der Waals surface area contributed by atoms with Crippen LogP contribution in [0.25, 0.3) is 0 Å².